The van der Waals surface area contributed by atoms with Gasteiger partial charge >= 0.3 is 0 Å². The van der Waals surface area contributed by atoms with Gasteiger partial charge in [-0.1, -0.05) is 11.6 Å². The molecule has 2 atom stereocenters. The van der Waals surface area contributed by atoms with Crippen LogP contribution in [0.25, 0.3) is 0 Å². The second-order valence-corrected chi connectivity index (χ2v) is 5.33. The number of carbonyl (C=O) groups is 1. The van der Waals surface area contributed by atoms with Crippen molar-refractivity contribution in [3.05, 3.63) is 29.0 Å². The van der Waals surface area contributed by atoms with Crippen molar-refractivity contribution in [2.45, 2.75) is 26.1 Å². The summed E-state index contributed by atoms with van der Waals surface area (Å²) in [6.45, 7) is 4.82. The number of carbonyl (C=O) groups excluding carboxylic acids is 1. The maximum atomic E-state index is 12.9. The minimum atomic E-state index is -0.440. The van der Waals surface area contributed by atoms with Crippen molar-refractivity contribution in [1.29, 1.82) is 0 Å². The molecule has 0 bridgehead atoms. The predicted octanol–water partition coefficient (Wildman–Crippen LogP) is 2.49. The first kappa shape index (κ1) is 15.1. The van der Waals surface area contributed by atoms with Gasteiger partial charge in [-0.2, -0.15) is 0 Å². The fourth-order valence-electron chi connectivity index (χ4n) is 2.20. The van der Waals surface area contributed by atoms with Crippen molar-refractivity contribution in [2.75, 3.05) is 19.7 Å². The summed E-state index contributed by atoms with van der Waals surface area (Å²) in [6.07, 6.45) is 0.0224. The normalized spacial score (nSPS) is 22.7. The van der Waals surface area contributed by atoms with Crippen LogP contribution in [0.3, 0.4) is 0 Å². The number of nitrogens with zero attached hydrogens (tertiary/aromatic N) is 1. The molecular weight excluding hydrogens is 285 g/mol. The molecular formula is C14H17ClFNO3. The number of halogens is 2. The second-order valence-electron chi connectivity index (χ2n) is 4.92. The summed E-state index contributed by atoms with van der Waals surface area (Å²) >= 11 is 5.84. The number of ether oxygens (including phenoxy) is 2. The quantitative estimate of drug-likeness (QED) is 0.861. The zero-order valence-corrected chi connectivity index (χ0v) is 12.2. The van der Waals surface area contributed by atoms with Crippen LogP contribution in [0.4, 0.5) is 4.39 Å². The van der Waals surface area contributed by atoms with E-state index in [1.54, 1.807) is 4.90 Å². The van der Waals surface area contributed by atoms with E-state index in [1.807, 2.05) is 13.8 Å². The summed E-state index contributed by atoms with van der Waals surface area (Å²) in [7, 11) is 0. The fourth-order valence-corrected chi connectivity index (χ4v) is 2.43. The van der Waals surface area contributed by atoms with Gasteiger partial charge in [0.2, 0.25) is 0 Å². The average Bonchev–Trinajstić information content (AvgIpc) is 2.36. The van der Waals surface area contributed by atoms with E-state index >= 15 is 0 Å². The molecule has 6 heteroatoms. The Hall–Kier alpha value is -1.33. The van der Waals surface area contributed by atoms with E-state index in [-0.39, 0.29) is 29.7 Å². The molecule has 1 aliphatic heterocycles. The first-order chi connectivity index (χ1) is 9.45. The van der Waals surface area contributed by atoms with Crippen molar-refractivity contribution >= 4 is 17.5 Å². The predicted molar refractivity (Wildman–Crippen MR) is 73.5 cm³/mol. The molecule has 0 unspecified atom stereocenters. The molecule has 4 nitrogen and oxygen atoms in total. The molecule has 0 spiro atoms. The molecule has 110 valence electrons. The summed E-state index contributed by atoms with van der Waals surface area (Å²) in [6, 6.07) is 3.81. The molecule has 0 N–H and O–H groups in total. The van der Waals surface area contributed by atoms with Gasteiger partial charge in [0.05, 0.1) is 17.2 Å². The summed E-state index contributed by atoms with van der Waals surface area (Å²) in [5, 5.41) is 0.154. The van der Waals surface area contributed by atoms with E-state index in [0.29, 0.717) is 18.8 Å². The highest BCUT2D eigenvalue weighted by molar-refractivity contribution is 6.32. The van der Waals surface area contributed by atoms with E-state index in [9.17, 15) is 9.18 Å². The van der Waals surface area contributed by atoms with Crippen molar-refractivity contribution in [1.82, 2.24) is 4.90 Å². The first-order valence-corrected chi connectivity index (χ1v) is 6.84. The molecule has 1 amide bonds. The maximum Gasteiger partial charge on any atom is 0.260 e. The van der Waals surface area contributed by atoms with Crippen LogP contribution in [0, 0.1) is 5.82 Å². The van der Waals surface area contributed by atoms with Gasteiger partial charge in [0.1, 0.15) is 11.6 Å². The van der Waals surface area contributed by atoms with Crippen LogP contribution in [0.5, 0.6) is 5.75 Å². The topological polar surface area (TPSA) is 38.8 Å². The van der Waals surface area contributed by atoms with Gasteiger partial charge in [0.25, 0.3) is 5.91 Å². The van der Waals surface area contributed by atoms with Gasteiger partial charge in [0, 0.05) is 13.1 Å². The Morgan fingerprint density at radius 2 is 2.10 bits per heavy atom. The molecule has 1 fully saturated rings. The molecule has 1 saturated heterocycles. The van der Waals surface area contributed by atoms with Crippen LogP contribution >= 0.6 is 11.6 Å². The lowest BCUT2D eigenvalue weighted by Gasteiger charge is -2.35. The molecule has 1 heterocycles. The third kappa shape index (κ3) is 3.84. The molecule has 0 aromatic heterocycles. The molecule has 1 aliphatic rings. The number of benzene rings is 1. The monoisotopic (exact) mass is 301 g/mol. The van der Waals surface area contributed by atoms with Crippen LogP contribution in [0.1, 0.15) is 13.8 Å². The van der Waals surface area contributed by atoms with Gasteiger partial charge in [-0.05, 0) is 32.0 Å². The van der Waals surface area contributed by atoms with Gasteiger partial charge in [-0.25, -0.2) is 4.39 Å². The lowest BCUT2D eigenvalue weighted by molar-refractivity contribution is -0.145. The number of hydrogen-bond acceptors (Lipinski definition) is 3. The van der Waals surface area contributed by atoms with Crippen LogP contribution in [0.15, 0.2) is 18.2 Å². The van der Waals surface area contributed by atoms with Crippen LogP contribution < -0.4 is 4.74 Å². The molecule has 0 radical (unpaired) electrons. The molecule has 1 aromatic rings. The Labute approximate surface area is 122 Å². The van der Waals surface area contributed by atoms with E-state index in [0.717, 1.165) is 6.07 Å². The Bertz CT molecular complexity index is 487. The highest BCUT2D eigenvalue weighted by atomic mass is 35.5. The Morgan fingerprint density at radius 3 is 2.70 bits per heavy atom. The Balaban J connectivity index is 1.91. The minimum absolute atomic E-state index is 0.0112. The lowest BCUT2D eigenvalue weighted by atomic mass is 10.2. The molecule has 1 aromatic carbocycles. The molecule has 0 saturated carbocycles. The fraction of sp³-hybridized carbons (Fsp3) is 0.500. The number of amides is 1. The highest BCUT2D eigenvalue weighted by Gasteiger charge is 2.26. The molecule has 0 aliphatic carbocycles. The third-order valence-electron chi connectivity index (χ3n) is 3.02. The van der Waals surface area contributed by atoms with Gasteiger partial charge in [-0.15, -0.1) is 0 Å². The van der Waals surface area contributed by atoms with Crippen LogP contribution in [0.2, 0.25) is 5.02 Å². The smallest absolute Gasteiger partial charge is 0.260 e. The zero-order chi connectivity index (χ0) is 14.7. The van der Waals surface area contributed by atoms with Gasteiger partial charge in [-0.3, -0.25) is 4.79 Å². The summed E-state index contributed by atoms with van der Waals surface area (Å²) in [5.74, 6) is -0.271. The maximum absolute atomic E-state index is 12.9. The SMILES string of the molecule is C[C@H]1CN(C(=O)COc2ccc(F)cc2Cl)C[C@H](C)O1. The highest BCUT2D eigenvalue weighted by Crippen LogP contribution is 2.24. The first-order valence-electron chi connectivity index (χ1n) is 6.47. The Morgan fingerprint density at radius 1 is 1.45 bits per heavy atom. The standard InChI is InChI=1S/C14H17ClFNO3/c1-9-6-17(7-10(2)20-9)14(18)8-19-13-4-3-11(16)5-12(13)15/h3-5,9-10H,6-8H2,1-2H3/t9-,10-/m0/s1. The van der Waals surface area contributed by atoms with Gasteiger partial charge in [0.15, 0.2) is 6.61 Å². The van der Waals surface area contributed by atoms with E-state index in [1.165, 1.54) is 12.1 Å². The van der Waals surface area contributed by atoms with Crippen LogP contribution in [-0.2, 0) is 9.53 Å². The number of rotatable bonds is 3. The summed E-state index contributed by atoms with van der Waals surface area (Å²) in [4.78, 5) is 13.8. The largest absolute Gasteiger partial charge is 0.482 e. The number of hydrogen-bond donors (Lipinski definition) is 0. The summed E-state index contributed by atoms with van der Waals surface area (Å²) in [5.41, 5.74) is 0. The zero-order valence-electron chi connectivity index (χ0n) is 11.4. The van der Waals surface area contributed by atoms with Crippen LogP contribution in [-0.4, -0.2) is 42.7 Å². The van der Waals surface area contributed by atoms with Gasteiger partial charge < -0.3 is 14.4 Å². The minimum Gasteiger partial charge on any atom is -0.482 e. The van der Waals surface area contributed by atoms with Crippen molar-refractivity contribution < 1.29 is 18.7 Å². The van der Waals surface area contributed by atoms with Crippen molar-refractivity contribution in [2.24, 2.45) is 0 Å². The van der Waals surface area contributed by atoms with Crippen molar-refractivity contribution in [3.8, 4) is 5.75 Å². The van der Waals surface area contributed by atoms with E-state index in [2.05, 4.69) is 0 Å². The van der Waals surface area contributed by atoms with E-state index in [4.69, 9.17) is 21.1 Å². The molecule has 2 rings (SSSR count). The number of morpholine rings is 1. The van der Waals surface area contributed by atoms with E-state index < -0.39 is 5.82 Å². The summed E-state index contributed by atoms with van der Waals surface area (Å²) < 4.78 is 23.8. The lowest BCUT2D eigenvalue weighted by Crippen LogP contribution is -2.49. The Kier molecular flexibility index (Phi) is 4.83. The second kappa shape index (κ2) is 6.41. The van der Waals surface area contributed by atoms with Crippen molar-refractivity contribution in [3.63, 3.8) is 0 Å². The average molecular weight is 302 g/mol. The molecule has 20 heavy (non-hydrogen) atoms. The third-order valence-corrected chi connectivity index (χ3v) is 3.31.